The Labute approximate surface area is 96.6 Å². The third-order valence-corrected chi connectivity index (χ3v) is 3.68. The number of benzene rings is 1. The molecule has 0 radical (unpaired) electrons. The lowest BCUT2D eigenvalue weighted by Gasteiger charge is -2.04. The average Bonchev–Trinajstić information content (AvgIpc) is 2.86. The lowest BCUT2D eigenvalue weighted by atomic mass is 10.2. The smallest absolute Gasteiger partial charge is 0.306 e. The van der Waals surface area contributed by atoms with E-state index in [1.165, 1.54) is 0 Å². The summed E-state index contributed by atoms with van der Waals surface area (Å²) in [7, 11) is 0. The van der Waals surface area contributed by atoms with Gasteiger partial charge in [-0.1, -0.05) is 44.2 Å². The van der Waals surface area contributed by atoms with E-state index in [0.717, 1.165) is 5.56 Å². The van der Waals surface area contributed by atoms with Gasteiger partial charge < -0.3 is 4.74 Å². The maximum absolute atomic E-state index is 11.5. The van der Waals surface area contributed by atoms with E-state index in [9.17, 15) is 4.79 Å². The fourth-order valence-electron chi connectivity index (χ4n) is 2.13. The molecule has 0 saturated heterocycles. The summed E-state index contributed by atoms with van der Waals surface area (Å²) in [5, 5.41) is 0. The Balaban J connectivity index is 1.73. The zero-order valence-electron chi connectivity index (χ0n) is 9.85. The first-order valence-electron chi connectivity index (χ1n) is 5.88. The quantitative estimate of drug-likeness (QED) is 0.726. The molecule has 0 unspecified atom stereocenters. The van der Waals surface area contributed by atoms with Gasteiger partial charge in [0, 0.05) is 6.42 Å². The molecular formula is C14H18O2. The van der Waals surface area contributed by atoms with Gasteiger partial charge in [0.1, 0.15) is 6.61 Å². The molecule has 1 saturated carbocycles. The van der Waals surface area contributed by atoms with Crippen molar-refractivity contribution in [2.45, 2.75) is 26.9 Å². The van der Waals surface area contributed by atoms with Crippen LogP contribution in [0.5, 0.6) is 0 Å². The number of hydrogen-bond donors (Lipinski definition) is 0. The predicted molar refractivity (Wildman–Crippen MR) is 62.7 cm³/mol. The molecule has 1 aliphatic rings. The maximum Gasteiger partial charge on any atom is 0.306 e. The summed E-state index contributed by atoms with van der Waals surface area (Å²) in [4.78, 5) is 11.5. The highest BCUT2D eigenvalue weighted by molar-refractivity contribution is 5.70. The lowest BCUT2D eigenvalue weighted by molar-refractivity contribution is -0.145. The molecular weight excluding hydrogens is 200 g/mol. The molecule has 1 aromatic carbocycles. The van der Waals surface area contributed by atoms with Gasteiger partial charge >= 0.3 is 5.97 Å². The summed E-state index contributed by atoms with van der Waals surface area (Å²) in [5.74, 6) is 1.85. The minimum absolute atomic E-state index is 0.0648. The van der Waals surface area contributed by atoms with Gasteiger partial charge in [-0.25, -0.2) is 0 Å². The molecule has 2 atom stereocenters. The van der Waals surface area contributed by atoms with E-state index in [1.807, 2.05) is 30.3 Å². The molecule has 0 bridgehead atoms. The Kier molecular flexibility index (Phi) is 3.28. The van der Waals surface area contributed by atoms with E-state index in [4.69, 9.17) is 4.74 Å². The molecule has 0 N–H and O–H groups in total. The van der Waals surface area contributed by atoms with Crippen LogP contribution >= 0.6 is 0 Å². The number of esters is 1. The molecule has 86 valence electrons. The molecule has 0 heterocycles. The largest absolute Gasteiger partial charge is 0.461 e. The molecule has 2 heteroatoms. The number of hydrogen-bond acceptors (Lipinski definition) is 2. The standard InChI is InChI=1S/C14H18O2/c1-10-11(2)13(10)8-14(15)16-9-12-6-4-3-5-7-12/h3-7,10-11,13H,8-9H2,1-2H3/t10-,11-/m0/s1. The van der Waals surface area contributed by atoms with Gasteiger partial charge in [-0.3, -0.25) is 4.79 Å². The molecule has 2 rings (SSSR count). The SMILES string of the molecule is C[C@@H]1C(CC(=O)OCc2ccccc2)[C@H]1C. The van der Waals surface area contributed by atoms with Gasteiger partial charge in [-0.2, -0.15) is 0 Å². The van der Waals surface area contributed by atoms with Crippen molar-refractivity contribution < 1.29 is 9.53 Å². The van der Waals surface area contributed by atoms with Crippen molar-refractivity contribution in [2.75, 3.05) is 0 Å². The van der Waals surface area contributed by atoms with Gasteiger partial charge in [0.05, 0.1) is 0 Å². The molecule has 16 heavy (non-hydrogen) atoms. The first kappa shape index (κ1) is 11.2. The summed E-state index contributed by atoms with van der Waals surface area (Å²) >= 11 is 0. The van der Waals surface area contributed by atoms with Crippen LogP contribution in [0.3, 0.4) is 0 Å². The van der Waals surface area contributed by atoms with Crippen molar-refractivity contribution in [3.05, 3.63) is 35.9 Å². The summed E-state index contributed by atoms with van der Waals surface area (Å²) in [6.45, 7) is 4.79. The van der Waals surface area contributed by atoms with Gasteiger partial charge in [0.2, 0.25) is 0 Å². The molecule has 0 amide bonds. The Hall–Kier alpha value is -1.31. The lowest BCUT2D eigenvalue weighted by Crippen LogP contribution is -2.06. The van der Waals surface area contributed by atoms with Crippen LogP contribution in [0.25, 0.3) is 0 Å². The van der Waals surface area contributed by atoms with Crippen LogP contribution in [-0.4, -0.2) is 5.97 Å². The van der Waals surface area contributed by atoms with Gasteiger partial charge in [-0.05, 0) is 23.3 Å². The highest BCUT2D eigenvalue weighted by Gasteiger charge is 2.43. The molecule has 0 aromatic heterocycles. The predicted octanol–water partition coefficient (Wildman–Crippen LogP) is 3.02. The maximum atomic E-state index is 11.5. The Morgan fingerprint density at radius 2 is 1.81 bits per heavy atom. The summed E-state index contributed by atoms with van der Waals surface area (Å²) in [5.41, 5.74) is 1.05. The van der Waals surface area contributed by atoms with Crippen LogP contribution in [0.1, 0.15) is 25.8 Å². The number of ether oxygens (including phenoxy) is 1. The van der Waals surface area contributed by atoms with Crippen molar-refractivity contribution >= 4 is 5.97 Å². The minimum atomic E-state index is -0.0648. The molecule has 0 aliphatic heterocycles. The normalized spacial score (nSPS) is 27.5. The molecule has 1 fully saturated rings. The second-order valence-electron chi connectivity index (χ2n) is 4.73. The van der Waals surface area contributed by atoms with Crippen LogP contribution < -0.4 is 0 Å². The topological polar surface area (TPSA) is 26.3 Å². The fraction of sp³-hybridized carbons (Fsp3) is 0.500. The molecule has 1 aliphatic carbocycles. The van der Waals surface area contributed by atoms with Crippen molar-refractivity contribution in [1.82, 2.24) is 0 Å². The van der Waals surface area contributed by atoms with E-state index >= 15 is 0 Å². The van der Waals surface area contributed by atoms with Crippen molar-refractivity contribution in [2.24, 2.45) is 17.8 Å². The van der Waals surface area contributed by atoms with Crippen molar-refractivity contribution in [1.29, 1.82) is 0 Å². The van der Waals surface area contributed by atoms with E-state index in [-0.39, 0.29) is 5.97 Å². The Bertz CT molecular complexity index is 350. The monoisotopic (exact) mass is 218 g/mol. The minimum Gasteiger partial charge on any atom is -0.461 e. The van der Waals surface area contributed by atoms with Crippen molar-refractivity contribution in [3.8, 4) is 0 Å². The van der Waals surface area contributed by atoms with Crippen molar-refractivity contribution in [3.63, 3.8) is 0 Å². The second-order valence-corrected chi connectivity index (χ2v) is 4.73. The first-order chi connectivity index (χ1) is 7.68. The van der Waals surface area contributed by atoms with Crippen LogP contribution in [-0.2, 0) is 16.1 Å². The van der Waals surface area contributed by atoms with E-state index in [1.54, 1.807) is 0 Å². The zero-order chi connectivity index (χ0) is 11.5. The first-order valence-corrected chi connectivity index (χ1v) is 5.88. The van der Waals surface area contributed by atoms with Crippen LogP contribution in [0, 0.1) is 17.8 Å². The highest BCUT2D eigenvalue weighted by Crippen LogP contribution is 2.47. The Morgan fingerprint density at radius 1 is 1.19 bits per heavy atom. The fourth-order valence-corrected chi connectivity index (χ4v) is 2.13. The van der Waals surface area contributed by atoms with Gasteiger partial charge in [0.15, 0.2) is 0 Å². The van der Waals surface area contributed by atoms with Crippen LogP contribution in [0.15, 0.2) is 30.3 Å². The van der Waals surface area contributed by atoms with Crippen LogP contribution in [0.4, 0.5) is 0 Å². The van der Waals surface area contributed by atoms with Gasteiger partial charge in [-0.15, -0.1) is 0 Å². The van der Waals surface area contributed by atoms with Gasteiger partial charge in [0.25, 0.3) is 0 Å². The average molecular weight is 218 g/mol. The highest BCUT2D eigenvalue weighted by atomic mass is 16.5. The van der Waals surface area contributed by atoms with E-state index in [0.29, 0.717) is 30.8 Å². The summed E-state index contributed by atoms with van der Waals surface area (Å²) in [6, 6.07) is 9.80. The number of carbonyl (C=O) groups excluding carboxylic acids is 1. The molecule has 0 spiro atoms. The molecule has 1 aromatic rings. The second kappa shape index (κ2) is 4.69. The number of rotatable bonds is 4. The molecule has 2 nitrogen and oxygen atoms in total. The van der Waals surface area contributed by atoms with E-state index < -0.39 is 0 Å². The number of carbonyl (C=O) groups is 1. The third kappa shape index (κ3) is 2.63. The van der Waals surface area contributed by atoms with E-state index in [2.05, 4.69) is 13.8 Å². The zero-order valence-corrected chi connectivity index (χ0v) is 9.85. The summed E-state index contributed by atoms with van der Waals surface area (Å²) < 4.78 is 5.24. The van der Waals surface area contributed by atoms with Crippen LogP contribution in [0.2, 0.25) is 0 Å². The summed E-state index contributed by atoms with van der Waals surface area (Å²) in [6.07, 6.45) is 0.579. The Morgan fingerprint density at radius 3 is 2.38 bits per heavy atom. The third-order valence-electron chi connectivity index (χ3n) is 3.68.